The zero-order chi connectivity index (χ0) is 75.1. The monoisotopic (exact) mass is 1510 g/mol. The summed E-state index contributed by atoms with van der Waals surface area (Å²) in [5.74, 6) is -3.93. The first kappa shape index (κ1) is 67.7. The highest BCUT2D eigenvalue weighted by molar-refractivity contribution is 7.48. The number of rotatable bonds is 21. The summed E-state index contributed by atoms with van der Waals surface area (Å²) in [6.45, 7) is -2.33. The molecule has 0 N–H and O–H groups in total. The zero-order valence-electron chi connectivity index (χ0n) is 55.8. The van der Waals surface area contributed by atoms with Crippen LogP contribution in [0.4, 0.5) is 58.2 Å². The Morgan fingerprint density at radius 2 is 0.691 bits per heavy atom. The van der Waals surface area contributed by atoms with Gasteiger partial charge in [-0.05, 0) is 108 Å². The highest BCUT2D eigenvalue weighted by Gasteiger charge is 2.41. The molecule has 18 rings (SSSR count). The number of amides is 3. The SMILES string of the molecule is O=C1OCC(c2ccc(F)cn2)N1c1ccn2ncc(-c3ccc(-c4ncn(COP(=O)(OCn5cnc(-c6ccc(-c7cnn8ccc(N9C(=O)OCC9c9ccc(F)cn9)nc78)cc6F)n5)OCn5cnc(-c6ccc(-c7cnn8ccc(N9C(=O)OCC9c9ccc(F)cn9)nc78)cc6F)n5)n4)c(F)c3)c2n1. The van der Waals surface area contributed by atoms with Crippen molar-refractivity contribution < 1.29 is 73.1 Å². The highest BCUT2D eigenvalue weighted by Crippen LogP contribution is 2.51. The molecule has 548 valence electrons. The van der Waals surface area contributed by atoms with Gasteiger partial charge >= 0.3 is 26.1 Å². The zero-order valence-corrected chi connectivity index (χ0v) is 56.7. The average molecular weight is 1520 g/mol. The smallest absolute Gasteiger partial charge is 0.446 e. The van der Waals surface area contributed by atoms with Crippen LogP contribution in [0.5, 0.6) is 0 Å². The molecule has 0 aliphatic carbocycles. The van der Waals surface area contributed by atoms with Crippen molar-refractivity contribution in [1.29, 1.82) is 0 Å². The molecule has 3 amide bonds. The van der Waals surface area contributed by atoms with Crippen molar-refractivity contribution in [3.8, 4) is 67.5 Å². The number of cyclic esters (lactones) is 3. The fourth-order valence-corrected chi connectivity index (χ4v) is 13.6. The van der Waals surface area contributed by atoms with E-state index in [1.807, 2.05) is 0 Å². The van der Waals surface area contributed by atoms with E-state index in [1.54, 1.807) is 36.8 Å². The molecule has 3 aliphatic heterocycles. The predicted octanol–water partition coefficient (Wildman–Crippen LogP) is 11.1. The fourth-order valence-electron chi connectivity index (χ4n) is 12.6. The number of fused-ring (bicyclic) bond motifs is 3. The van der Waals surface area contributed by atoms with Crippen LogP contribution in [0, 0.1) is 34.9 Å². The summed E-state index contributed by atoms with van der Waals surface area (Å²) in [7, 11) is -4.87. The van der Waals surface area contributed by atoms with Crippen molar-refractivity contribution in [3.63, 3.8) is 0 Å². The van der Waals surface area contributed by atoms with Gasteiger partial charge in [0, 0.05) is 35.3 Å². The molecule has 15 aromatic rings. The maximum absolute atomic E-state index is 16.4. The van der Waals surface area contributed by atoms with Crippen molar-refractivity contribution >= 4 is 60.5 Å². The van der Waals surface area contributed by atoms with Crippen LogP contribution in [0.25, 0.3) is 84.5 Å². The molecule has 15 heterocycles. The van der Waals surface area contributed by atoms with Crippen molar-refractivity contribution in [2.45, 2.75) is 38.3 Å². The summed E-state index contributed by atoms with van der Waals surface area (Å²) >= 11 is 0. The van der Waals surface area contributed by atoms with Crippen LogP contribution in [0.1, 0.15) is 35.2 Å². The Bertz CT molecular complexity index is 5620. The summed E-state index contributed by atoms with van der Waals surface area (Å²) < 4.78 is 146. The van der Waals surface area contributed by atoms with Gasteiger partial charge in [-0.1, -0.05) is 18.2 Å². The summed E-state index contributed by atoms with van der Waals surface area (Å²) in [6, 6.07) is 23.0. The van der Waals surface area contributed by atoms with Gasteiger partial charge in [0.15, 0.2) is 54.6 Å². The number of aromatic nitrogens is 21. The summed E-state index contributed by atoms with van der Waals surface area (Å²) in [4.78, 5) is 82.2. The Morgan fingerprint density at radius 3 is 0.973 bits per heavy atom. The van der Waals surface area contributed by atoms with Gasteiger partial charge in [-0.15, -0.1) is 15.3 Å². The lowest BCUT2D eigenvalue weighted by Gasteiger charge is -2.20. The molecule has 0 bridgehead atoms. The first-order valence-corrected chi connectivity index (χ1v) is 34.3. The average Bonchev–Trinajstić information content (AvgIpc) is 1.68. The van der Waals surface area contributed by atoms with Crippen LogP contribution in [-0.2, 0) is 52.5 Å². The van der Waals surface area contributed by atoms with E-state index in [-0.39, 0.29) is 88.4 Å². The maximum atomic E-state index is 16.4. The van der Waals surface area contributed by atoms with Crippen LogP contribution in [-0.4, -0.2) is 141 Å². The van der Waals surface area contributed by atoms with Gasteiger partial charge < -0.3 is 14.2 Å². The molecule has 34 nitrogen and oxygen atoms in total. The summed E-state index contributed by atoms with van der Waals surface area (Å²) in [6.07, 6.45) is 13.5. The number of hydrogen-bond donors (Lipinski definition) is 0. The van der Waals surface area contributed by atoms with E-state index in [2.05, 4.69) is 60.5 Å². The van der Waals surface area contributed by atoms with E-state index < -0.39 is 99.3 Å². The minimum absolute atomic E-state index is 0.0698. The maximum Gasteiger partial charge on any atom is 0.480 e. The molecule has 3 atom stereocenters. The van der Waals surface area contributed by atoms with E-state index >= 15 is 13.2 Å². The highest BCUT2D eigenvalue weighted by atomic mass is 31.2. The first-order chi connectivity index (χ1) is 53.5. The number of benzene rings is 3. The molecule has 12 aromatic heterocycles. The van der Waals surface area contributed by atoms with Crippen LogP contribution >= 0.6 is 7.82 Å². The Balaban J connectivity index is 0.585. The Kier molecular flexibility index (Phi) is 16.8. The second-order valence-electron chi connectivity index (χ2n) is 24.6. The number of phosphoric ester groups is 1. The predicted molar refractivity (Wildman–Crippen MR) is 365 cm³/mol. The molecular formula is C69H45F6N24O10P. The van der Waals surface area contributed by atoms with Crippen LogP contribution < -0.4 is 14.7 Å². The number of hydrogen-bond acceptors (Lipinski definition) is 25. The fraction of sp³-hybridized carbons (Fsp3) is 0.130. The Labute approximate surface area is 610 Å². The minimum Gasteiger partial charge on any atom is -0.446 e. The van der Waals surface area contributed by atoms with Gasteiger partial charge in [0.1, 0.15) is 109 Å². The van der Waals surface area contributed by atoms with E-state index in [0.29, 0.717) is 50.5 Å². The second kappa shape index (κ2) is 27.3. The van der Waals surface area contributed by atoms with Crippen molar-refractivity contribution in [3.05, 3.63) is 236 Å². The molecule has 3 unspecified atom stereocenters. The number of carbonyl (C=O) groups is 3. The number of halogens is 6. The lowest BCUT2D eigenvalue weighted by molar-refractivity contribution is 0.0456. The first-order valence-electron chi connectivity index (χ1n) is 32.9. The minimum atomic E-state index is -4.87. The van der Waals surface area contributed by atoms with Gasteiger partial charge in [-0.2, -0.15) is 15.3 Å². The largest absolute Gasteiger partial charge is 0.480 e. The summed E-state index contributed by atoms with van der Waals surface area (Å²) in [5.41, 5.74) is 3.74. The molecule has 3 aromatic carbocycles. The molecule has 110 heavy (non-hydrogen) atoms. The molecule has 0 spiro atoms. The topological polar surface area (TPSA) is 355 Å². The Hall–Kier alpha value is -14.1. The lowest BCUT2D eigenvalue weighted by atomic mass is 10.1. The van der Waals surface area contributed by atoms with Crippen molar-refractivity contribution in [2.24, 2.45) is 0 Å². The number of phosphoric acid groups is 1. The van der Waals surface area contributed by atoms with Crippen LogP contribution in [0.3, 0.4) is 0 Å². The number of pyridine rings is 3. The number of carbonyl (C=O) groups excluding carboxylic acids is 3. The number of nitrogens with zero attached hydrogens (tertiary/aromatic N) is 24. The van der Waals surface area contributed by atoms with Gasteiger partial charge in [0.25, 0.3) is 0 Å². The molecule has 3 fully saturated rings. The lowest BCUT2D eigenvalue weighted by Crippen LogP contribution is -2.28. The van der Waals surface area contributed by atoms with E-state index in [9.17, 15) is 32.1 Å². The molecule has 41 heteroatoms. The molecule has 3 saturated heterocycles. The van der Waals surface area contributed by atoms with E-state index in [1.165, 1.54) is 138 Å². The van der Waals surface area contributed by atoms with Gasteiger partial charge in [-0.3, -0.25) is 28.5 Å². The normalized spacial score (nSPS) is 16.4. The molecule has 0 radical (unpaired) electrons. The molecule has 0 saturated carbocycles. The quantitative estimate of drug-likeness (QED) is 0.0366. The third-order valence-corrected chi connectivity index (χ3v) is 19.2. The Morgan fingerprint density at radius 1 is 0.382 bits per heavy atom. The van der Waals surface area contributed by atoms with E-state index in [0.717, 1.165) is 51.6 Å². The number of anilines is 3. The third kappa shape index (κ3) is 12.7. The second-order valence-corrected chi connectivity index (χ2v) is 26.2. The van der Waals surface area contributed by atoms with Crippen molar-refractivity contribution in [2.75, 3.05) is 34.5 Å². The summed E-state index contributed by atoms with van der Waals surface area (Å²) in [5, 5.41) is 26.2. The molecular weight excluding hydrogens is 1470 g/mol. The van der Waals surface area contributed by atoms with Crippen LogP contribution in [0.15, 0.2) is 184 Å². The van der Waals surface area contributed by atoms with E-state index in [4.69, 9.17) is 42.7 Å². The van der Waals surface area contributed by atoms with Gasteiger partial charge in [0.2, 0.25) is 0 Å². The number of ether oxygens (including phenoxy) is 3. The standard InChI is InChI=1S/C69H45F6N24O10P/c70-40-4-10-52(76-22-40)55-28-104-67(100)97(55)58-13-16-94-64(85-58)46(25-82-94)37-1-7-43(49(73)19-37)61-79-31-91(88-61)34-107-110(103,108-35-92-32-80-62(89-92)44-8-2-38(20-50(44)74)47-26-83-95-17-14-59(86-65(47)95)98-56(29-105-68(98)101)53-11-5-41(71)23-77-53)109-36-93-33-81-63(90-93)45-9-3-39(21-51(45)75)48-27-84-96-18-15-60(87-66(48)96)99-57(30-106-69(99)102)54-12-6-42(72)24-78-54/h1-27,31-33,55-57H,28-30,34-36H2. The van der Waals surface area contributed by atoms with Gasteiger partial charge in [-0.25, -0.2) is 117 Å². The van der Waals surface area contributed by atoms with Crippen molar-refractivity contribution in [1.82, 2.24) is 103 Å². The third-order valence-electron chi connectivity index (χ3n) is 17.9. The molecule has 3 aliphatic rings. The van der Waals surface area contributed by atoms with Gasteiger partial charge in [0.05, 0.1) is 71.0 Å². The van der Waals surface area contributed by atoms with Crippen LogP contribution in [0.2, 0.25) is 0 Å².